The predicted molar refractivity (Wildman–Crippen MR) is 120 cm³/mol. The highest BCUT2D eigenvalue weighted by atomic mass is 32.1. The van der Waals surface area contributed by atoms with E-state index in [1.54, 1.807) is 6.92 Å². The molecule has 4 rings (SSSR count). The van der Waals surface area contributed by atoms with Gasteiger partial charge in [0.25, 0.3) is 0 Å². The zero-order valence-corrected chi connectivity index (χ0v) is 18.7. The van der Waals surface area contributed by atoms with Crippen LogP contribution in [0, 0.1) is 18.6 Å². The fourth-order valence-electron chi connectivity index (χ4n) is 4.80. The van der Waals surface area contributed by atoms with E-state index in [1.165, 1.54) is 42.8 Å². The zero-order chi connectivity index (χ0) is 20.5. The second-order valence-corrected chi connectivity index (χ2v) is 8.90. The Labute approximate surface area is 178 Å². The van der Waals surface area contributed by atoms with E-state index in [4.69, 9.17) is 12.2 Å². The predicted octanol–water partition coefficient (Wildman–Crippen LogP) is 4.73. The van der Waals surface area contributed by atoms with Crippen LogP contribution in [0.2, 0.25) is 0 Å². The molecular formula is C23H32N4OS. The molecule has 0 radical (unpaired) electrons. The molecule has 1 aliphatic heterocycles. The second-order valence-electron chi connectivity index (χ2n) is 8.54. The van der Waals surface area contributed by atoms with E-state index in [-0.39, 0.29) is 5.78 Å². The van der Waals surface area contributed by atoms with Crippen LogP contribution in [-0.2, 0) is 6.67 Å². The first-order valence-electron chi connectivity index (χ1n) is 10.8. The summed E-state index contributed by atoms with van der Waals surface area (Å²) in [5.41, 5.74) is 4.63. The van der Waals surface area contributed by atoms with Crippen LogP contribution in [0.25, 0.3) is 0 Å². The number of carbonyl (C=O) groups is 1. The van der Waals surface area contributed by atoms with Crippen LogP contribution in [0.15, 0.2) is 24.3 Å². The van der Waals surface area contributed by atoms with Gasteiger partial charge in [0.15, 0.2) is 10.6 Å². The maximum Gasteiger partial charge on any atom is 0.181 e. The Morgan fingerprint density at radius 2 is 1.62 bits per heavy atom. The number of anilines is 1. The monoisotopic (exact) mass is 412 g/mol. The summed E-state index contributed by atoms with van der Waals surface area (Å²) in [5, 5.41) is 0. The normalized spacial score (nSPS) is 18.5. The summed E-state index contributed by atoms with van der Waals surface area (Å²) in [7, 11) is 0. The number of aromatic nitrogens is 2. The molecule has 0 unspecified atom stereocenters. The number of piperazine rings is 1. The molecule has 2 aromatic rings. The summed E-state index contributed by atoms with van der Waals surface area (Å²) < 4.78 is 5.75. The molecule has 29 heavy (non-hydrogen) atoms. The number of carbonyl (C=O) groups excluding carboxylic acids is 1. The first-order chi connectivity index (χ1) is 14.0. The third-order valence-electron chi connectivity index (χ3n) is 6.77. The van der Waals surface area contributed by atoms with Gasteiger partial charge in [-0.3, -0.25) is 9.69 Å². The van der Waals surface area contributed by atoms with Crippen molar-refractivity contribution in [2.24, 2.45) is 0 Å². The lowest BCUT2D eigenvalue weighted by Crippen LogP contribution is -2.47. The van der Waals surface area contributed by atoms with E-state index >= 15 is 0 Å². The summed E-state index contributed by atoms with van der Waals surface area (Å²) in [5.74, 6) is 0.119. The van der Waals surface area contributed by atoms with Crippen LogP contribution in [-0.4, -0.2) is 46.0 Å². The highest BCUT2D eigenvalue weighted by Crippen LogP contribution is 2.32. The van der Waals surface area contributed by atoms with Gasteiger partial charge >= 0.3 is 0 Å². The molecule has 1 aromatic heterocycles. The SMILES string of the molecule is CC(=O)c1ccc(N2CCN(Cn3c(C)c(C)n(C4CCCC4)c3=S)CC2)cc1. The topological polar surface area (TPSA) is 33.4 Å². The van der Waals surface area contributed by atoms with Crippen LogP contribution in [0.1, 0.15) is 60.4 Å². The van der Waals surface area contributed by atoms with Crippen molar-refractivity contribution >= 4 is 23.7 Å². The van der Waals surface area contributed by atoms with Crippen LogP contribution < -0.4 is 4.90 Å². The van der Waals surface area contributed by atoms with Gasteiger partial charge in [-0.1, -0.05) is 12.8 Å². The third-order valence-corrected chi connectivity index (χ3v) is 7.19. The third kappa shape index (κ3) is 4.05. The van der Waals surface area contributed by atoms with E-state index in [0.717, 1.165) is 43.2 Å². The average molecular weight is 413 g/mol. The van der Waals surface area contributed by atoms with Gasteiger partial charge in [-0.25, -0.2) is 0 Å². The fraction of sp³-hybridized carbons (Fsp3) is 0.565. The van der Waals surface area contributed by atoms with Crippen LogP contribution in [0.5, 0.6) is 0 Å². The maximum absolute atomic E-state index is 11.5. The van der Waals surface area contributed by atoms with Gasteiger partial charge in [-0.15, -0.1) is 0 Å². The van der Waals surface area contributed by atoms with Crippen molar-refractivity contribution in [3.8, 4) is 0 Å². The number of rotatable bonds is 5. The lowest BCUT2D eigenvalue weighted by Gasteiger charge is -2.36. The fourth-order valence-corrected chi connectivity index (χ4v) is 5.28. The molecule has 156 valence electrons. The lowest BCUT2D eigenvalue weighted by molar-refractivity contribution is 0.101. The summed E-state index contributed by atoms with van der Waals surface area (Å²) >= 11 is 5.90. The van der Waals surface area contributed by atoms with Crippen molar-refractivity contribution in [3.63, 3.8) is 0 Å². The molecule has 1 saturated heterocycles. The minimum Gasteiger partial charge on any atom is -0.369 e. The number of ketones is 1. The van der Waals surface area contributed by atoms with Gasteiger partial charge in [0.2, 0.25) is 0 Å². The molecule has 2 fully saturated rings. The van der Waals surface area contributed by atoms with Crippen molar-refractivity contribution < 1.29 is 4.79 Å². The minimum absolute atomic E-state index is 0.119. The number of Topliss-reactive ketones (excluding diaryl/α,β-unsaturated/α-hetero) is 1. The Morgan fingerprint density at radius 1 is 1.00 bits per heavy atom. The first-order valence-corrected chi connectivity index (χ1v) is 11.2. The Morgan fingerprint density at radius 3 is 2.21 bits per heavy atom. The molecule has 1 aliphatic carbocycles. The summed E-state index contributed by atoms with van der Waals surface area (Å²) in [6.07, 6.45) is 5.18. The van der Waals surface area contributed by atoms with Crippen molar-refractivity contribution in [1.29, 1.82) is 0 Å². The van der Waals surface area contributed by atoms with Crippen molar-refractivity contribution in [1.82, 2.24) is 14.0 Å². The molecular weight excluding hydrogens is 380 g/mol. The molecule has 0 N–H and O–H groups in total. The standard InChI is InChI=1S/C23H32N4OS/c1-17-18(2)27(22-6-4-5-7-22)23(29)26(17)16-24-12-14-25(15-13-24)21-10-8-20(9-11-21)19(3)28/h8-11,22H,4-7,12-16H2,1-3H3. The zero-order valence-electron chi connectivity index (χ0n) is 17.9. The number of imidazole rings is 1. The molecule has 6 heteroatoms. The number of hydrogen-bond acceptors (Lipinski definition) is 4. The Bertz CT molecular complexity index is 929. The van der Waals surface area contributed by atoms with Crippen molar-refractivity contribution in [2.75, 3.05) is 31.1 Å². The molecule has 1 aromatic carbocycles. The largest absolute Gasteiger partial charge is 0.369 e. The van der Waals surface area contributed by atoms with E-state index in [2.05, 4.69) is 44.9 Å². The highest BCUT2D eigenvalue weighted by Gasteiger charge is 2.24. The minimum atomic E-state index is 0.119. The van der Waals surface area contributed by atoms with Gasteiger partial charge in [0.1, 0.15) is 0 Å². The average Bonchev–Trinajstić information content (AvgIpc) is 3.32. The molecule has 0 bridgehead atoms. The van der Waals surface area contributed by atoms with Crippen molar-refractivity contribution in [3.05, 3.63) is 46.0 Å². The highest BCUT2D eigenvalue weighted by molar-refractivity contribution is 7.71. The smallest absolute Gasteiger partial charge is 0.181 e. The molecule has 0 spiro atoms. The molecule has 2 aliphatic rings. The van der Waals surface area contributed by atoms with Gasteiger partial charge in [-0.2, -0.15) is 0 Å². The Kier molecular flexibility index (Phi) is 5.93. The molecule has 0 amide bonds. The molecule has 5 nitrogen and oxygen atoms in total. The quantitative estimate of drug-likeness (QED) is 0.525. The second kappa shape index (κ2) is 8.44. The Balaban J connectivity index is 1.42. The van der Waals surface area contributed by atoms with E-state index in [1.807, 2.05) is 12.1 Å². The summed E-state index contributed by atoms with van der Waals surface area (Å²) in [6, 6.07) is 8.59. The van der Waals surface area contributed by atoms with Gasteiger partial charge in [0.05, 0.1) is 6.67 Å². The van der Waals surface area contributed by atoms with E-state index < -0.39 is 0 Å². The summed E-state index contributed by atoms with van der Waals surface area (Å²) in [6.45, 7) is 11.0. The number of nitrogens with zero attached hydrogens (tertiary/aromatic N) is 4. The van der Waals surface area contributed by atoms with Gasteiger partial charge in [0, 0.05) is 54.9 Å². The Hall–Kier alpha value is -1.92. The maximum atomic E-state index is 11.5. The van der Waals surface area contributed by atoms with Gasteiger partial charge < -0.3 is 14.0 Å². The van der Waals surface area contributed by atoms with E-state index in [9.17, 15) is 4.79 Å². The summed E-state index contributed by atoms with van der Waals surface area (Å²) in [4.78, 5) is 16.4. The molecule has 1 saturated carbocycles. The van der Waals surface area contributed by atoms with Crippen LogP contribution in [0.4, 0.5) is 5.69 Å². The van der Waals surface area contributed by atoms with Crippen LogP contribution >= 0.6 is 12.2 Å². The number of hydrogen-bond donors (Lipinski definition) is 0. The van der Waals surface area contributed by atoms with Gasteiger partial charge in [-0.05, 0) is 70.1 Å². The van der Waals surface area contributed by atoms with Crippen LogP contribution in [0.3, 0.4) is 0 Å². The first kappa shape index (κ1) is 20.4. The number of benzene rings is 1. The van der Waals surface area contributed by atoms with Crippen molar-refractivity contribution in [2.45, 2.75) is 59.2 Å². The molecule has 2 heterocycles. The molecule has 0 atom stereocenters. The van der Waals surface area contributed by atoms with E-state index in [0.29, 0.717) is 6.04 Å². The lowest BCUT2D eigenvalue weighted by atomic mass is 10.1.